The zero-order chi connectivity index (χ0) is 28.1. The molecule has 0 bridgehead atoms. The van der Waals surface area contributed by atoms with Gasteiger partial charge in [-0.3, -0.25) is 9.69 Å². The molecule has 2 heterocycles. The topological polar surface area (TPSA) is 54.4 Å². The van der Waals surface area contributed by atoms with Gasteiger partial charge in [0.25, 0.3) is 5.91 Å². The quantitative estimate of drug-likeness (QED) is 0.232. The van der Waals surface area contributed by atoms with E-state index < -0.39 is 0 Å². The number of anilines is 1. The van der Waals surface area contributed by atoms with Crippen molar-refractivity contribution in [2.75, 3.05) is 31.6 Å². The predicted octanol–water partition coefficient (Wildman–Crippen LogP) is 8.30. The van der Waals surface area contributed by atoms with Gasteiger partial charge in [0.05, 0.1) is 22.2 Å². The molecule has 2 fully saturated rings. The number of ether oxygens (including phenoxy) is 2. The number of aliphatic imine (C=N–C) groups is 1. The number of halogens is 2. The number of amidine groups is 1. The molecule has 0 unspecified atom stereocenters. The standard InChI is InChI=1S/C31H31BrClN3O3S/c1-3-36-30(37)28(40-31(36)34-23-11-13-24(14-12-23)35-15-7-4-8-16-35)19-21-17-25(32)29(27(18-21)38-2)39-20-22-9-5-6-10-26(22)33/h5-6,9-14,17-19H,3-4,7-8,15-16,20H2,1-2H3/b28-19+,34-31?. The molecular formula is C31H31BrClN3O3S. The van der Waals surface area contributed by atoms with E-state index in [0.717, 1.165) is 34.4 Å². The van der Waals surface area contributed by atoms with E-state index in [-0.39, 0.29) is 5.91 Å². The van der Waals surface area contributed by atoms with Crippen LogP contribution in [0.2, 0.25) is 5.02 Å². The number of hydrogen-bond acceptors (Lipinski definition) is 6. The van der Waals surface area contributed by atoms with E-state index >= 15 is 0 Å². The van der Waals surface area contributed by atoms with E-state index in [1.54, 1.807) is 12.0 Å². The molecule has 0 aliphatic carbocycles. The average molecular weight is 641 g/mol. The van der Waals surface area contributed by atoms with Gasteiger partial charge in [-0.05, 0) is 108 Å². The van der Waals surface area contributed by atoms with Crippen LogP contribution in [0.5, 0.6) is 11.5 Å². The normalized spacial score (nSPS) is 17.6. The number of benzene rings is 3. The van der Waals surface area contributed by atoms with Crippen molar-refractivity contribution in [3.8, 4) is 11.5 Å². The van der Waals surface area contributed by atoms with Gasteiger partial charge >= 0.3 is 0 Å². The van der Waals surface area contributed by atoms with Crippen molar-refractivity contribution < 1.29 is 14.3 Å². The first-order chi connectivity index (χ1) is 19.5. The largest absolute Gasteiger partial charge is 0.493 e. The molecule has 6 nitrogen and oxygen atoms in total. The Kier molecular flexibility index (Phi) is 9.40. The molecule has 0 saturated carbocycles. The molecule has 0 N–H and O–H groups in total. The summed E-state index contributed by atoms with van der Waals surface area (Å²) >= 11 is 11.3. The molecule has 2 aliphatic rings. The fraction of sp³-hybridized carbons (Fsp3) is 0.290. The zero-order valence-electron chi connectivity index (χ0n) is 22.5. The van der Waals surface area contributed by atoms with Crippen LogP contribution in [0.25, 0.3) is 6.08 Å². The number of nitrogens with zero attached hydrogens (tertiary/aromatic N) is 3. The van der Waals surface area contributed by atoms with Gasteiger partial charge in [0.1, 0.15) is 6.61 Å². The molecule has 0 radical (unpaired) electrons. The SMILES string of the molecule is CCN1C(=O)/C(=C\c2cc(Br)c(OCc3ccccc3Cl)c(OC)c2)SC1=Nc1ccc(N2CCCCC2)cc1. The van der Waals surface area contributed by atoms with Gasteiger partial charge in [-0.15, -0.1) is 0 Å². The molecule has 0 aromatic heterocycles. The minimum Gasteiger partial charge on any atom is -0.493 e. The molecule has 0 atom stereocenters. The second kappa shape index (κ2) is 13.1. The Morgan fingerprint density at radius 2 is 1.82 bits per heavy atom. The monoisotopic (exact) mass is 639 g/mol. The third kappa shape index (κ3) is 6.51. The Balaban J connectivity index is 1.35. The van der Waals surface area contributed by atoms with Crippen molar-refractivity contribution in [3.63, 3.8) is 0 Å². The minimum atomic E-state index is -0.0645. The zero-order valence-corrected chi connectivity index (χ0v) is 25.7. The van der Waals surface area contributed by atoms with Crippen molar-refractivity contribution in [3.05, 3.63) is 86.2 Å². The molecule has 9 heteroatoms. The summed E-state index contributed by atoms with van der Waals surface area (Å²) in [5, 5.41) is 1.32. The van der Waals surface area contributed by atoms with Gasteiger partial charge < -0.3 is 14.4 Å². The van der Waals surface area contributed by atoms with E-state index in [1.165, 1.54) is 36.7 Å². The molecule has 3 aromatic rings. The van der Waals surface area contributed by atoms with E-state index in [1.807, 2.05) is 61.5 Å². The average Bonchev–Trinajstić information content (AvgIpc) is 3.26. The van der Waals surface area contributed by atoms with Gasteiger partial charge in [-0.2, -0.15) is 0 Å². The summed E-state index contributed by atoms with van der Waals surface area (Å²) in [5.74, 6) is 1.06. The number of amides is 1. The van der Waals surface area contributed by atoms with Gasteiger partial charge in [0, 0.05) is 35.9 Å². The summed E-state index contributed by atoms with van der Waals surface area (Å²) in [7, 11) is 1.59. The first-order valence-corrected chi connectivity index (χ1v) is 15.3. The van der Waals surface area contributed by atoms with Crippen LogP contribution in [0, 0.1) is 0 Å². The van der Waals surface area contributed by atoms with E-state index in [9.17, 15) is 4.79 Å². The molecule has 208 valence electrons. The van der Waals surface area contributed by atoms with Gasteiger partial charge in [0.15, 0.2) is 16.7 Å². The lowest BCUT2D eigenvalue weighted by atomic mass is 10.1. The van der Waals surface area contributed by atoms with Crippen LogP contribution in [0.15, 0.2) is 75.0 Å². The maximum atomic E-state index is 13.3. The number of thioether (sulfide) groups is 1. The molecule has 40 heavy (non-hydrogen) atoms. The first kappa shape index (κ1) is 28.6. The number of rotatable bonds is 8. The van der Waals surface area contributed by atoms with E-state index in [0.29, 0.717) is 39.7 Å². The summed E-state index contributed by atoms with van der Waals surface area (Å²) in [5.41, 5.74) is 3.75. The lowest BCUT2D eigenvalue weighted by Crippen LogP contribution is -2.29. The Morgan fingerprint density at radius 3 is 2.52 bits per heavy atom. The fourth-order valence-corrected chi connectivity index (χ4v) is 6.58. The molecule has 2 saturated heterocycles. The molecule has 1 amide bonds. The summed E-state index contributed by atoms with van der Waals surface area (Å²) in [6, 6.07) is 19.6. The molecular weight excluding hydrogens is 610 g/mol. The van der Waals surface area contributed by atoms with Crippen LogP contribution in [-0.2, 0) is 11.4 Å². The maximum absolute atomic E-state index is 13.3. The van der Waals surface area contributed by atoms with E-state index in [2.05, 4.69) is 33.0 Å². The first-order valence-electron chi connectivity index (χ1n) is 13.4. The predicted molar refractivity (Wildman–Crippen MR) is 169 cm³/mol. The van der Waals surface area contributed by atoms with Crippen molar-refractivity contribution >= 4 is 67.8 Å². The van der Waals surface area contributed by atoms with Crippen LogP contribution in [0.3, 0.4) is 0 Å². The number of hydrogen-bond donors (Lipinski definition) is 0. The second-order valence-electron chi connectivity index (χ2n) is 9.53. The molecule has 2 aliphatic heterocycles. The number of carbonyl (C=O) groups is 1. The second-order valence-corrected chi connectivity index (χ2v) is 11.8. The summed E-state index contributed by atoms with van der Waals surface area (Å²) in [6.07, 6.45) is 5.65. The number of methoxy groups -OCH3 is 1. The molecule has 0 spiro atoms. The van der Waals surface area contributed by atoms with Crippen LogP contribution in [0.4, 0.5) is 11.4 Å². The highest BCUT2D eigenvalue weighted by molar-refractivity contribution is 9.10. The highest BCUT2D eigenvalue weighted by atomic mass is 79.9. The number of piperidine rings is 1. The van der Waals surface area contributed by atoms with Crippen LogP contribution >= 0.6 is 39.3 Å². The van der Waals surface area contributed by atoms with Crippen LogP contribution in [-0.4, -0.2) is 42.7 Å². The van der Waals surface area contributed by atoms with Gasteiger partial charge in [0.2, 0.25) is 0 Å². The smallest absolute Gasteiger partial charge is 0.266 e. The van der Waals surface area contributed by atoms with Crippen molar-refractivity contribution in [1.29, 1.82) is 0 Å². The number of likely N-dealkylation sites (N-methyl/N-ethyl adjacent to an activating group) is 1. The Hall–Kier alpha value is -2.94. The summed E-state index contributed by atoms with van der Waals surface area (Å²) in [4.78, 5) is 22.8. The van der Waals surface area contributed by atoms with Crippen molar-refractivity contribution in [2.45, 2.75) is 32.8 Å². The highest BCUT2D eigenvalue weighted by Crippen LogP contribution is 2.40. The van der Waals surface area contributed by atoms with Crippen LogP contribution in [0.1, 0.15) is 37.3 Å². The lowest BCUT2D eigenvalue weighted by Gasteiger charge is -2.28. The van der Waals surface area contributed by atoms with Crippen molar-refractivity contribution in [2.24, 2.45) is 4.99 Å². The third-order valence-electron chi connectivity index (χ3n) is 6.88. The highest BCUT2D eigenvalue weighted by Gasteiger charge is 2.32. The molecule has 5 rings (SSSR count). The Morgan fingerprint density at radius 1 is 1.07 bits per heavy atom. The fourth-order valence-electron chi connectivity index (χ4n) is 4.75. The van der Waals surface area contributed by atoms with Crippen molar-refractivity contribution in [1.82, 2.24) is 4.90 Å². The van der Waals surface area contributed by atoms with Gasteiger partial charge in [-0.25, -0.2) is 4.99 Å². The Labute approximate surface area is 253 Å². The third-order valence-corrected chi connectivity index (χ3v) is 8.84. The summed E-state index contributed by atoms with van der Waals surface area (Å²) in [6.45, 7) is 5.00. The number of carbonyl (C=O) groups excluding carboxylic acids is 1. The van der Waals surface area contributed by atoms with Gasteiger partial charge in [-0.1, -0.05) is 29.8 Å². The van der Waals surface area contributed by atoms with E-state index in [4.69, 9.17) is 26.1 Å². The Bertz CT molecular complexity index is 1440. The summed E-state index contributed by atoms with van der Waals surface area (Å²) < 4.78 is 12.4. The van der Waals surface area contributed by atoms with Crippen LogP contribution < -0.4 is 14.4 Å². The maximum Gasteiger partial charge on any atom is 0.266 e. The molecule has 3 aromatic carbocycles. The lowest BCUT2D eigenvalue weighted by molar-refractivity contribution is -0.122. The minimum absolute atomic E-state index is 0.0645.